The Morgan fingerprint density at radius 2 is 1.43 bits per heavy atom. The summed E-state index contributed by atoms with van der Waals surface area (Å²) in [5, 5.41) is 8.69. The second-order valence-electron chi connectivity index (χ2n) is 11.6. The van der Waals surface area contributed by atoms with Gasteiger partial charge in [-0.3, -0.25) is 14.4 Å². The van der Waals surface area contributed by atoms with Gasteiger partial charge in [0.05, 0.1) is 10.2 Å². The topological polar surface area (TPSA) is 100 Å². The number of anilines is 2. The number of thiazole rings is 1. The van der Waals surface area contributed by atoms with E-state index in [2.05, 4.69) is 34.8 Å². The molecule has 0 saturated heterocycles. The van der Waals surface area contributed by atoms with Crippen molar-refractivity contribution in [2.75, 3.05) is 10.6 Å². The summed E-state index contributed by atoms with van der Waals surface area (Å²) < 4.78 is 0.992. The zero-order valence-corrected chi connectivity index (χ0v) is 28.6. The van der Waals surface area contributed by atoms with Crippen LogP contribution in [-0.4, -0.2) is 22.7 Å². The maximum absolute atomic E-state index is 13.7. The molecule has 5 aromatic carbocycles. The van der Waals surface area contributed by atoms with E-state index in [0.29, 0.717) is 22.3 Å². The largest absolute Gasteiger partial charge is 0.321 e. The molecule has 0 bridgehead atoms. The van der Waals surface area contributed by atoms with Crippen LogP contribution in [0.25, 0.3) is 16.3 Å². The van der Waals surface area contributed by atoms with Crippen LogP contribution in [0.15, 0.2) is 144 Å². The SMILES string of the molecule is CC(C)c1ccc(/C=C(/NC(=O)c2ccccc2)C(=O)Nc2cccc(SC(C(=O)Nc3nc4ccccc4s3)c3ccccc3)c2)cc1. The number of amides is 3. The van der Waals surface area contributed by atoms with Crippen molar-refractivity contribution < 1.29 is 14.4 Å². The maximum atomic E-state index is 13.7. The van der Waals surface area contributed by atoms with Gasteiger partial charge in [-0.1, -0.05) is 116 Å². The number of carbonyl (C=O) groups excluding carboxylic acids is 3. The first-order chi connectivity index (χ1) is 23.8. The van der Waals surface area contributed by atoms with Gasteiger partial charge in [-0.05, 0) is 71.1 Å². The summed E-state index contributed by atoms with van der Waals surface area (Å²) in [6, 6.07) is 41.3. The van der Waals surface area contributed by atoms with Gasteiger partial charge in [-0.2, -0.15) is 0 Å². The average Bonchev–Trinajstić information content (AvgIpc) is 3.53. The highest BCUT2D eigenvalue weighted by molar-refractivity contribution is 8.00. The minimum atomic E-state index is -0.589. The van der Waals surface area contributed by atoms with E-state index in [4.69, 9.17) is 0 Å². The Morgan fingerprint density at radius 1 is 0.735 bits per heavy atom. The molecule has 0 fully saturated rings. The van der Waals surface area contributed by atoms with Gasteiger partial charge in [0, 0.05) is 16.1 Å². The van der Waals surface area contributed by atoms with Crippen LogP contribution in [-0.2, 0) is 9.59 Å². The molecule has 0 saturated carbocycles. The lowest BCUT2D eigenvalue weighted by Gasteiger charge is -2.17. The summed E-state index contributed by atoms with van der Waals surface area (Å²) in [7, 11) is 0. The highest BCUT2D eigenvalue weighted by Crippen LogP contribution is 2.38. The molecule has 0 aliphatic heterocycles. The molecule has 3 N–H and O–H groups in total. The van der Waals surface area contributed by atoms with E-state index in [-0.39, 0.29) is 11.6 Å². The van der Waals surface area contributed by atoms with Crippen molar-refractivity contribution in [3.05, 3.63) is 161 Å². The summed E-state index contributed by atoms with van der Waals surface area (Å²) in [6.45, 7) is 4.24. The van der Waals surface area contributed by atoms with Crippen LogP contribution in [0.5, 0.6) is 0 Å². The molecule has 1 unspecified atom stereocenters. The van der Waals surface area contributed by atoms with E-state index in [1.54, 1.807) is 36.4 Å². The standard InChI is InChI=1S/C40H34N4O3S2/c1-26(2)28-22-20-27(21-23-28)24-34(42-37(45)30-14-7-4-8-15-30)38(46)41-31-16-11-17-32(25-31)48-36(29-12-5-3-6-13-29)39(47)44-40-43-33-18-9-10-19-35(33)49-40/h3-26,36H,1-2H3,(H,41,46)(H,42,45)(H,43,44,47)/b34-24+. The molecule has 0 spiro atoms. The predicted octanol–water partition coefficient (Wildman–Crippen LogP) is 9.30. The van der Waals surface area contributed by atoms with Crippen LogP contribution in [0.3, 0.4) is 0 Å². The van der Waals surface area contributed by atoms with Crippen molar-refractivity contribution in [3.63, 3.8) is 0 Å². The Balaban J connectivity index is 1.23. The summed E-state index contributed by atoms with van der Waals surface area (Å²) >= 11 is 2.80. The molecule has 6 aromatic rings. The molecule has 0 aliphatic carbocycles. The second-order valence-corrected chi connectivity index (χ2v) is 13.8. The molecule has 3 amide bonds. The Morgan fingerprint density at radius 3 is 2.14 bits per heavy atom. The minimum absolute atomic E-state index is 0.0987. The molecule has 0 aliphatic rings. The summed E-state index contributed by atoms with van der Waals surface area (Å²) in [5.41, 5.74) is 4.66. The smallest absolute Gasteiger partial charge is 0.272 e. The number of nitrogens with one attached hydrogen (secondary N) is 3. The lowest BCUT2D eigenvalue weighted by molar-refractivity contribution is -0.116. The highest BCUT2D eigenvalue weighted by atomic mass is 32.2. The monoisotopic (exact) mass is 682 g/mol. The number of rotatable bonds is 11. The number of nitrogens with zero attached hydrogens (tertiary/aromatic N) is 1. The molecular formula is C40H34N4O3S2. The van der Waals surface area contributed by atoms with Crippen LogP contribution in [0.2, 0.25) is 0 Å². The zero-order chi connectivity index (χ0) is 34.2. The molecule has 49 heavy (non-hydrogen) atoms. The number of thioether (sulfide) groups is 1. The lowest BCUT2D eigenvalue weighted by Crippen LogP contribution is -2.30. The fraction of sp³-hybridized carbons (Fsp3) is 0.100. The van der Waals surface area contributed by atoms with E-state index in [1.165, 1.54) is 28.7 Å². The minimum Gasteiger partial charge on any atom is -0.321 e. The Labute approximate surface area is 293 Å². The van der Waals surface area contributed by atoms with Crippen molar-refractivity contribution in [2.45, 2.75) is 29.9 Å². The Bertz CT molecular complexity index is 2080. The maximum Gasteiger partial charge on any atom is 0.272 e. The first-order valence-corrected chi connectivity index (χ1v) is 17.5. The molecule has 1 atom stereocenters. The van der Waals surface area contributed by atoms with Crippen LogP contribution in [0.1, 0.15) is 52.1 Å². The van der Waals surface area contributed by atoms with E-state index < -0.39 is 17.1 Å². The molecule has 7 nitrogen and oxygen atoms in total. The van der Waals surface area contributed by atoms with Gasteiger partial charge in [-0.15, -0.1) is 11.8 Å². The Kier molecular flexibility index (Phi) is 10.6. The van der Waals surface area contributed by atoms with Crippen molar-refractivity contribution in [1.29, 1.82) is 0 Å². The third-order valence-corrected chi connectivity index (χ3v) is 9.85. The van der Waals surface area contributed by atoms with Gasteiger partial charge in [0.2, 0.25) is 5.91 Å². The predicted molar refractivity (Wildman–Crippen MR) is 201 cm³/mol. The van der Waals surface area contributed by atoms with Gasteiger partial charge in [0.15, 0.2) is 5.13 Å². The van der Waals surface area contributed by atoms with Crippen molar-refractivity contribution in [1.82, 2.24) is 10.3 Å². The van der Waals surface area contributed by atoms with Crippen molar-refractivity contribution in [2.24, 2.45) is 0 Å². The third-order valence-electron chi connectivity index (χ3n) is 7.65. The third kappa shape index (κ3) is 8.70. The van der Waals surface area contributed by atoms with Gasteiger partial charge in [0.25, 0.3) is 11.8 Å². The van der Waals surface area contributed by atoms with E-state index in [9.17, 15) is 14.4 Å². The fourth-order valence-corrected chi connectivity index (χ4v) is 7.02. The number of hydrogen-bond acceptors (Lipinski definition) is 6. The van der Waals surface area contributed by atoms with E-state index in [0.717, 1.165) is 26.2 Å². The summed E-state index contributed by atoms with van der Waals surface area (Å²) in [6.07, 6.45) is 1.66. The van der Waals surface area contributed by atoms with Crippen LogP contribution < -0.4 is 16.0 Å². The summed E-state index contributed by atoms with van der Waals surface area (Å²) in [4.78, 5) is 45.9. The van der Waals surface area contributed by atoms with Crippen molar-refractivity contribution in [3.8, 4) is 0 Å². The second kappa shape index (κ2) is 15.6. The quantitative estimate of drug-likeness (QED) is 0.0935. The van der Waals surface area contributed by atoms with Crippen LogP contribution >= 0.6 is 23.1 Å². The molecule has 244 valence electrons. The van der Waals surface area contributed by atoms with Gasteiger partial charge < -0.3 is 16.0 Å². The fourth-order valence-electron chi connectivity index (χ4n) is 5.07. The van der Waals surface area contributed by atoms with Gasteiger partial charge in [-0.25, -0.2) is 4.98 Å². The summed E-state index contributed by atoms with van der Waals surface area (Å²) in [5.74, 6) is -0.715. The first-order valence-electron chi connectivity index (χ1n) is 15.8. The normalized spacial score (nSPS) is 12.0. The van der Waals surface area contributed by atoms with Gasteiger partial charge >= 0.3 is 0 Å². The van der Waals surface area contributed by atoms with Crippen LogP contribution in [0.4, 0.5) is 10.8 Å². The molecule has 1 aromatic heterocycles. The van der Waals surface area contributed by atoms with Gasteiger partial charge in [0.1, 0.15) is 10.9 Å². The van der Waals surface area contributed by atoms with E-state index >= 15 is 0 Å². The molecule has 0 radical (unpaired) electrons. The lowest BCUT2D eigenvalue weighted by atomic mass is 10.0. The zero-order valence-electron chi connectivity index (χ0n) is 26.9. The number of fused-ring (bicyclic) bond motifs is 1. The number of para-hydroxylation sites is 1. The molecule has 1 heterocycles. The average molecular weight is 683 g/mol. The molecule has 9 heteroatoms. The first kappa shape index (κ1) is 33.4. The molecular weight excluding hydrogens is 649 g/mol. The highest BCUT2D eigenvalue weighted by Gasteiger charge is 2.24. The molecule has 6 rings (SSSR count). The Hall–Kier alpha value is -5.51. The van der Waals surface area contributed by atoms with Crippen molar-refractivity contribution >= 4 is 67.9 Å². The van der Waals surface area contributed by atoms with Crippen LogP contribution in [0, 0.1) is 0 Å². The number of benzene rings is 5. The number of hydrogen-bond donors (Lipinski definition) is 3. The number of carbonyl (C=O) groups is 3. The van der Waals surface area contributed by atoms with E-state index in [1.807, 2.05) is 103 Å². The number of aromatic nitrogens is 1.